The molecule has 16 heavy (non-hydrogen) atoms. The van der Waals surface area contributed by atoms with Crippen LogP contribution in [0.25, 0.3) is 0 Å². The van der Waals surface area contributed by atoms with Crippen molar-refractivity contribution in [3.8, 4) is 0 Å². The highest BCUT2D eigenvalue weighted by Crippen LogP contribution is 2.19. The highest BCUT2D eigenvalue weighted by atomic mass is 79.9. The maximum absolute atomic E-state index is 11.9. The van der Waals surface area contributed by atoms with Crippen LogP contribution in [0.1, 0.15) is 38.1 Å². The number of hydrogen-bond acceptors (Lipinski definition) is 2. The van der Waals surface area contributed by atoms with Gasteiger partial charge in [0.2, 0.25) is 0 Å². The van der Waals surface area contributed by atoms with Gasteiger partial charge in [0.1, 0.15) is 0 Å². The van der Waals surface area contributed by atoms with Gasteiger partial charge in [-0.05, 0) is 34.3 Å². The smallest absolute Gasteiger partial charge is 0.253 e. The topological polar surface area (TPSA) is 42.0 Å². The molecule has 1 heterocycles. The molecule has 0 saturated carbocycles. The molecule has 3 nitrogen and oxygen atoms in total. The average molecular weight is 285 g/mol. The van der Waals surface area contributed by atoms with Gasteiger partial charge in [0.25, 0.3) is 5.91 Å². The van der Waals surface area contributed by atoms with Crippen LogP contribution in [-0.4, -0.2) is 16.9 Å². The number of carbonyl (C=O) groups is 1. The van der Waals surface area contributed by atoms with Gasteiger partial charge in [-0.15, -0.1) is 0 Å². The van der Waals surface area contributed by atoms with E-state index in [0.717, 1.165) is 4.47 Å². The standard InChI is InChI=1S/C12H17BrN2O/c1-8(12(2,3)4)15-11(16)9-5-10(13)7-14-6-9/h5-8H,1-4H3,(H,15,16). The first-order chi connectivity index (χ1) is 7.30. The van der Waals surface area contributed by atoms with Crippen LogP contribution in [-0.2, 0) is 0 Å². The molecule has 1 rings (SSSR count). The summed E-state index contributed by atoms with van der Waals surface area (Å²) in [5, 5.41) is 2.96. The zero-order valence-electron chi connectivity index (χ0n) is 10.0. The summed E-state index contributed by atoms with van der Waals surface area (Å²) in [6.07, 6.45) is 3.22. The van der Waals surface area contributed by atoms with Crippen LogP contribution in [0.15, 0.2) is 22.9 Å². The Balaban J connectivity index is 2.74. The second-order valence-corrected chi connectivity index (χ2v) is 5.87. The van der Waals surface area contributed by atoms with Gasteiger partial charge >= 0.3 is 0 Å². The molecular weight excluding hydrogens is 268 g/mol. The predicted molar refractivity (Wildman–Crippen MR) is 68.3 cm³/mol. The van der Waals surface area contributed by atoms with E-state index in [0.29, 0.717) is 5.56 Å². The van der Waals surface area contributed by atoms with Gasteiger partial charge in [0.15, 0.2) is 0 Å². The minimum absolute atomic E-state index is 0.0507. The van der Waals surface area contributed by atoms with E-state index in [1.165, 1.54) is 0 Å². The molecule has 0 aliphatic heterocycles. The third-order valence-electron chi connectivity index (χ3n) is 2.61. The first-order valence-electron chi connectivity index (χ1n) is 5.22. The molecule has 1 aromatic rings. The molecule has 4 heteroatoms. The largest absolute Gasteiger partial charge is 0.349 e. The molecule has 1 amide bonds. The molecule has 1 N–H and O–H groups in total. The zero-order chi connectivity index (χ0) is 12.3. The fourth-order valence-corrected chi connectivity index (χ4v) is 1.40. The normalized spacial score (nSPS) is 13.3. The third-order valence-corrected chi connectivity index (χ3v) is 3.05. The van der Waals surface area contributed by atoms with Gasteiger partial charge in [-0.2, -0.15) is 0 Å². The van der Waals surface area contributed by atoms with E-state index >= 15 is 0 Å². The van der Waals surface area contributed by atoms with Crippen molar-refractivity contribution in [2.75, 3.05) is 0 Å². The molecular formula is C12H17BrN2O. The maximum Gasteiger partial charge on any atom is 0.253 e. The van der Waals surface area contributed by atoms with Crippen molar-refractivity contribution in [2.24, 2.45) is 5.41 Å². The van der Waals surface area contributed by atoms with Gasteiger partial charge in [-0.3, -0.25) is 9.78 Å². The molecule has 0 aliphatic carbocycles. The van der Waals surface area contributed by atoms with Crippen LogP contribution >= 0.6 is 15.9 Å². The van der Waals surface area contributed by atoms with Crippen molar-refractivity contribution < 1.29 is 4.79 Å². The molecule has 0 aliphatic rings. The fourth-order valence-electron chi connectivity index (χ4n) is 1.03. The minimum atomic E-state index is -0.0868. The number of carbonyl (C=O) groups excluding carboxylic acids is 1. The maximum atomic E-state index is 11.9. The lowest BCUT2D eigenvalue weighted by Crippen LogP contribution is -2.41. The van der Waals surface area contributed by atoms with Crippen molar-refractivity contribution in [1.82, 2.24) is 10.3 Å². The zero-order valence-corrected chi connectivity index (χ0v) is 11.6. The molecule has 0 spiro atoms. The summed E-state index contributed by atoms with van der Waals surface area (Å²) in [7, 11) is 0. The Morgan fingerprint density at radius 3 is 2.56 bits per heavy atom. The van der Waals surface area contributed by atoms with E-state index < -0.39 is 0 Å². The predicted octanol–water partition coefficient (Wildman–Crippen LogP) is 3.01. The second-order valence-electron chi connectivity index (χ2n) is 4.95. The highest BCUT2D eigenvalue weighted by Gasteiger charge is 2.22. The summed E-state index contributed by atoms with van der Waals surface area (Å²) in [5.41, 5.74) is 0.625. The molecule has 0 radical (unpaired) electrons. The number of nitrogens with one attached hydrogen (secondary N) is 1. The summed E-state index contributed by atoms with van der Waals surface area (Å²) in [6, 6.07) is 1.87. The van der Waals surface area contributed by atoms with E-state index in [9.17, 15) is 4.79 Å². The Hall–Kier alpha value is -0.900. The third kappa shape index (κ3) is 3.59. The van der Waals surface area contributed by atoms with Crippen LogP contribution in [0.5, 0.6) is 0 Å². The van der Waals surface area contributed by atoms with E-state index in [2.05, 4.69) is 47.0 Å². The number of halogens is 1. The Labute approximate surface area is 105 Å². The summed E-state index contributed by atoms with van der Waals surface area (Å²) in [6.45, 7) is 8.29. The van der Waals surface area contributed by atoms with E-state index in [-0.39, 0.29) is 17.4 Å². The highest BCUT2D eigenvalue weighted by molar-refractivity contribution is 9.10. The summed E-state index contributed by atoms with van der Waals surface area (Å²) >= 11 is 3.29. The molecule has 0 aromatic carbocycles. The molecule has 0 bridgehead atoms. The fraction of sp³-hybridized carbons (Fsp3) is 0.500. The monoisotopic (exact) mass is 284 g/mol. The lowest BCUT2D eigenvalue weighted by molar-refractivity contribution is 0.0909. The Morgan fingerprint density at radius 1 is 1.44 bits per heavy atom. The van der Waals surface area contributed by atoms with Gasteiger partial charge in [-0.1, -0.05) is 20.8 Å². The first-order valence-corrected chi connectivity index (χ1v) is 6.01. The molecule has 1 unspecified atom stereocenters. The first kappa shape index (κ1) is 13.2. The van der Waals surface area contributed by atoms with Gasteiger partial charge in [-0.25, -0.2) is 0 Å². The van der Waals surface area contributed by atoms with Crippen LogP contribution in [0, 0.1) is 5.41 Å². The quantitative estimate of drug-likeness (QED) is 0.907. The lowest BCUT2D eigenvalue weighted by Gasteiger charge is -2.28. The van der Waals surface area contributed by atoms with Crippen LogP contribution in [0.2, 0.25) is 0 Å². The van der Waals surface area contributed by atoms with Crippen molar-refractivity contribution >= 4 is 21.8 Å². The minimum Gasteiger partial charge on any atom is -0.349 e. The number of nitrogens with zero attached hydrogens (tertiary/aromatic N) is 1. The number of hydrogen-bond donors (Lipinski definition) is 1. The van der Waals surface area contributed by atoms with Crippen molar-refractivity contribution in [3.05, 3.63) is 28.5 Å². The van der Waals surface area contributed by atoms with E-state index in [1.807, 2.05) is 6.92 Å². The molecule has 1 atom stereocenters. The van der Waals surface area contributed by atoms with Gasteiger partial charge in [0.05, 0.1) is 5.56 Å². The van der Waals surface area contributed by atoms with Crippen molar-refractivity contribution in [1.29, 1.82) is 0 Å². The van der Waals surface area contributed by atoms with E-state index in [1.54, 1.807) is 18.5 Å². The summed E-state index contributed by atoms with van der Waals surface area (Å²) in [5.74, 6) is -0.0868. The number of pyridine rings is 1. The van der Waals surface area contributed by atoms with Crippen LogP contribution in [0.4, 0.5) is 0 Å². The summed E-state index contributed by atoms with van der Waals surface area (Å²) in [4.78, 5) is 15.8. The van der Waals surface area contributed by atoms with Gasteiger partial charge in [0, 0.05) is 22.9 Å². The molecule has 0 fully saturated rings. The SMILES string of the molecule is CC(NC(=O)c1cncc(Br)c1)C(C)(C)C. The average Bonchev–Trinajstić information content (AvgIpc) is 2.16. The number of amides is 1. The molecule has 1 aromatic heterocycles. The second kappa shape index (κ2) is 4.95. The van der Waals surface area contributed by atoms with Crippen LogP contribution in [0.3, 0.4) is 0 Å². The van der Waals surface area contributed by atoms with Gasteiger partial charge < -0.3 is 5.32 Å². The molecule has 0 saturated heterocycles. The number of aromatic nitrogens is 1. The van der Waals surface area contributed by atoms with Crippen molar-refractivity contribution in [3.63, 3.8) is 0 Å². The number of rotatable bonds is 2. The van der Waals surface area contributed by atoms with Crippen molar-refractivity contribution in [2.45, 2.75) is 33.7 Å². The Bertz CT molecular complexity index is 385. The van der Waals surface area contributed by atoms with E-state index in [4.69, 9.17) is 0 Å². The van der Waals surface area contributed by atoms with Crippen LogP contribution < -0.4 is 5.32 Å². The summed E-state index contributed by atoms with van der Waals surface area (Å²) < 4.78 is 0.809. The molecule has 88 valence electrons. The lowest BCUT2D eigenvalue weighted by atomic mass is 9.88. The Morgan fingerprint density at radius 2 is 2.06 bits per heavy atom. The Kier molecular flexibility index (Phi) is 4.08.